The Balaban J connectivity index is 2.35. The second kappa shape index (κ2) is 5.02. The van der Waals surface area contributed by atoms with Crippen molar-refractivity contribution in [2.75, 3.05) is 19.0 Å². The van der Waals surface area contributed by atoms with Gasteiger partial charge in [0, 0.05) is 19.3 Å². The number of aliphatic hydroxyl groups is 3. The SMILES string of the molecule is CNc1nc(=O)ccn1[C@@H]1O[C@H](CO)[C@@H](O)[C@H]1O. The Bertz CT molecular complexity index is 477. The average Bonchev–Trinajstić information content (AvgIpc) is 2.66. The van der Waals surface area contributed by atoms with Crippen LogP contribution in [0.3, 0.4) is 0 Å². The molecule has 4 N–H and O–H groups in total. The first-order chi connectivity index (χ1) is 8.58. The molecule has 0 radical (unpaired) electrons. The molecular formula is C10H15N3O5. The van der Waals surface area contributed by atoms with Gasteiger partial charge in [0.25, 0.3) is 5.56 Å². The van der Waals surface area contributed by atoms with Gasteiger partial charge in [0.05, 0.1) is 6.61 Å². The van der Waals surface area contributed by atoms with Crippen molar-refractivity contribution in [3.05, 3.63) is 22.6 Å². The number of nitrogens with zero attached hydrogens (tertiary/aromatic N) is 2. The van der Waals surface area contributed by atoms with Crippen molar-refractivity contribution in [2.24, 2.45) is 0 Å². The van der Waals surface area contributed by atoms with Crippen molar-refractivity contribution in [3.63, 3.8) is 0 Å². The second-order valence-electron chi connectivity index (χ2n) is 3.98. The molecule has 0 saturated carbocycles. The highest BCUT2D eigenvalue weighted by Crippen LogP contribution is 2.30. The van der Waals surface area contributed by atoms with Gasteiger partial charge in [0.1, 0.15) is 18.3 Å². The predicted molar refractivity (Wildman–Crippen MR) is 61.1 cm³/mol. The van der Waals surface area contributed by atoms with E-state index in [1.54, 1.807) is 7.05 Å². The van der Waals surface area contributed by atoms with E-state index < -0.39 is 36.7 Å². The molecule has 0 amide bonds. The molecule has 2 rings (SSSR count). The molecule has 100 valence electrons. The molecule has 0 unspecified atom stereocenters. The maximum absolute atomic E-state index is 11.1. The van der Waals surface area contributed by atoms with Crippen LogP contribution < -0.4 is 10.9 Å². The average molecular weight is 257 g/mol. The van der Waals surface area contributed by atoms with Crippen molar-refractivity contribution >= 4 is 5.95 Å². The van der Waals surface area contributed by atoms with Crippen LogP contribution in [-0.4, -0.2) is 56.8 Å². The predicted octanol–water partition coefficient (Wildman–Crippen LogP) is -2.10. The molecule has 0 spiro atoms. The molecule has 8 nitrogen and oxygen atoms in total. The molecule has 1 aromatic rings. The van der Waals surface area contributed by atoms with Crippen molar-refractivity contribution in [3.8, 4) is 0 Å². The smallest absolute Gasteiger partial charge is 0.274 e. The fourth-order valence-electron chi connectivity index (χ4n) is 1.91. The zero-order valence-electron chi connectivity index (χ0n) is 9.72. The first-order valence-electron chi connectivity index (χ1n) is 5.48. The monoisotopic (exact) mass is 257 g/mol. The van der Waals surface area contributed by atoms with E-state index in [9.17, 15) is 15.0 Å². The second-order valence-corrected chi connectivity index (χ2v) is 3.98. The van der Waals surface area contributed by atoms with Crippen LogP contribution in [0.25, 0.3) is 0 Å². The summed E-state index contributed by atoms with van der Waals surface area (Å²) in [5, 5.41) is 31.2. The number of hydrogen-bond acceptors (Lipinski definition) is 7. The summed E-state index contributed by atoms with van der Waals surface area (Å²) in [4.78, 5) is 14.8. The number of aromatic nitrogens is 2. The van der Waals surface area contributed by atoms with Gasteiger partial charge in [0.2, 0.25) is 5.95 Å². The lowest BCUT2D eigenvalue weighted by atomic mass is 10.1. The Labute approximate surface area is 102 Å². The quantitative estimate of drug-likeness (QED) is 0.490. The number of ether oxygens (including phenoxy) is 1. The van der Waals surface area contributed by atoms with Crippen molar-refractivity contribution in [1.82, 2.24) is 9.55 Å². The molecule has 0 aromatic carbocycles. The molecular weight excluding hydrogens is 242 g/mol. The molecule has 8 heteroatoms. The summed E-state index contributed by atoms with van der Waals surface area (Å²) >= 11 is 0. The van der Waals surface area contributed by atoms with Gasteiger partial charge in [-0.3, -0.25) is 9.36 Å². The van der Waals surface area contributed by atoms with Gasteiger partial charge in [-0.2, -0.15) is 4.98 Å². The van der Waals surface area contributed by atoms with Gasteiger partial charge in [0.15, 0.2) is 6.23 Å². The Kier molecular flexibility index (Phi) is 3.62. The largest absolute Gasteiger partial charge is 0.394 e. The lowest BCUT2D eigenvalue weighted by molar-refractivity contribution is -0.0523. The summed E-state index contributed by atoms with van der Waals surface area (Å²) in [5.74, 6) is 0.206. The molecule has 18 heavy (non-hydrogen) atoms. The highest BCUT2D eigenvalue weighted by Gasteiger charge is 2.43. The fraction of sp³-hybridized carbons (Fsp3) is 0.600. The zero-order chi connectivity index (χ0) is 13.3. The minimum absolute atomic E-state index is 0.206. The Morgan fingerprint density at radius 3 is 2.78 bits per heavy atom. The molecule has 1 fully saturated rings. The van der Waals surface area contributed by atoms with Crippen molar-refractivity contribution < 1.29 is 20.1 Å². The van der Waals surface area contributed by atoms with Crippen molar-refractivity contribution in [2.45, 2.75) is 24.5 Å². The van der Waals surface area contributed by atoms with Crippen LogP contribution in [0.5, 0.6) is 0 Å². The van der Waals surface area contributed by atoms with Gasteiger partial charge in [-0.1, -0.05) is 0 Å². The Morgan fingerprint density at radius 2 is 2.22 bits per heavy atom. The van der Waals surface area contributed by atoms with Crippen LogP contribution in [0.2, 0.25) is 0 Å². The van der Waals surface area contributed by atoms with Gasteiger partial charge in [-0.05, 0) is 0 Å². The van der Waals surface area contributed by atoms with Crippen LogP contribution in [0.4, 0.5) is 5.95 Å². The van der Waals surface area contributed by atoms with Crippen molar-refractivity contribution in [1.29, 1.82) is 0 Å². The molecule has 1 saturated heterocycles. The van der Waals surface area contributed by atoms with Gasteiger partial charge in [-0.25, -0.2) is 0 Å². The molecule has 1 aliphatic rings. The molecule has 2 heterocycles. The van der Waals surface area contributed by atoms with Crippen LogP contribution in [-0.2, 0) is 4.74 Å². The molecule has 1 aliphatic heterocycles. The zero-order valence-corrected chi connectivity index (χ0v) is 9.72. The van der Waals surface area contributed by atoms with Gasteiger partial charge >= 0.3 is 0 Å². The molecule has 0 bridgehead atoms. The molecule has 1 aromatic heterocycles. The summed E-state index contributed by atoms with van der Waals surface area (Å²) in [7, 11) is 1.57. The van der Waals surface area contributed by atoms with E-state index in [4.69, 9.17) is 9.84 Å². The lowest BCUT2D eigenvalue weighted by Gasteiger charge is -2.20. The number of aliphatic hydroxyl groups excluding tert-OH is 3. The van der Waals surface area contributed by atoms with Crippen LogP contribution >= 0.6 is 0 Å². The van der Waals surface area contributed by atoms with E-state index in [1.807, 2.05) is 0 Å². The topological polar surface area (TPSA) is 117 Å². The highest BCUT2D eigenvalue weighted by molar-refractivity contribution is 5.24. The van der Waals surface area contributed by atoms with Gasteiger partial charge in [-0.15, -0.1) is 0 Å². The van der Waals surface area contributed by atoms with Crippen LogP contribution in [0.1, 0.15) is 6.23 Å². The van der Waals surface area contributed by atoms with Gasteiger partial charge < -0.3 is 25.4 Å². The van der Waals surface area contributed by atoms with Crippen LogP contribution in [0.15, 0.2) is 17.1 Å². The standard InChI is InChI=1S/C10H15N3O5/c1-11-10-12-6(15)2-3-13(10)9-8(17)7(16)5(4-14)18-9/h2-3,5,7-9,14,16-17H,4H2,1H3,(H,11,12,15)/t5-,7-,8-,9-/m1/s1. The third-order valence-electron chi connectivity index (χ3n) is 2.85. The lowest BCUT2D eigenvalue weighted by Crippen LogP contribution is -2.33. The van der Waals surface area contributed by atoms with E-state index in [1.165, 1.54) is 16.8 Å². The van der Waals surface area contributed by atoms with E-state index in [2.05, 4.69) is 10.3 Å². The van der Waals surface area contributed by atoms with E-state index in [-0.39, 0.29) is 5.95 Å². The summed E-state index contributed by atoms with van der Waals surface area (Å²) in [6.07, 6.45) is -2.77. The minimum atomic E-state index is -1.21. The molecule has 4 atom stereocenters. The number of nitrogens with one attached hydrogen (secondary N) is 1. The summed E-state index contributed by atoms with van der Waals surface area (Å²) in [6, 6.07) is 1.22. The van der Waals surface area contributed by atoms with Crippen LogP contribution in [0, 0.1) is 0 Å². The molecule has 0 aliphatic carbocycles. The maximum atomic E-state index is 11.1. The fourth-order valence-corrected chi connectivity index (χ4v) is 1.91. The first-order valence-corrected chi connectivity index (χ1v) is 5.48. The third-order valence-corrected chi connectivity index (χ3v) is 2.85. The Hall–Kier alpha value is -1.48. The third kappa shape index (κ3) is 2.10. The minimum Gasteiger partial charge on any atom is -0.394 e. The summed E-state index contributed by atoms with van der Waals surface area (Å²) in [6.45, 7) is -0.406. The number of hydrogen-bond donors (Lipinski definition) is 4. The normalized spacial score (nSPS) is 31.6. The summed E-state index contributed by atoms with van der Waals surface area (Å²) in [5.41, 5.74) is -0.428. The first kappa shape index (κ1) is 13.0. The number of anilines is 1. The van der Waals surface area contributed by atoms with E-state index >= 15 is 0 Å². The highest BCUT2D eigenvalue weighted by atomic mass is 16.6. The summed E-state index contributed by atoms with van der Waals surface area (Å²) < 4.78 is 6.73. The number of rotatable bonds is 3. The van der Waals surface area contributed by atoms with E-state index in [0.29, 0.717) is 0 Å². The maximum Gasteiger partial charge on any atom is 0.274 e. The Morgan fingerprint density at radius 1 is 1.50 bits per heavy atom. The van der Waals surface area contributed by atoms with E-state index in [0.717, 1.165) is 0 Å².